The predicted octanol–water partition coefficient (Wildman–Crippen LogP) is 2.40. The second-order valence-electron chi connectivity index (χ2n) is 6.10. The third-order valence-corrected chi connectivity index (χ3v) is 4.57. The zero-order valence-electron chi connectivity index (χ0n) is 12.4. The SMILES string of the molecule is OC(CCOc1ccccc1)C1CCOC2(CCOC2)C1. The zero-order chi connectivity index (χ0) is 14.5. The molecular formula is C17H24O4. The highest BCUT2D eigenvalue weighted by Crippen LogP contribution is 2.37. The second-order valence-corrected chi connectivity index (χ2v) is 6.10. The number of benzene rings is 1. The summed E-state index contributed by atoms with van der Waals surface area (Å²) in [5.41, 5.74) is -0.135. The lowest BCUT2D eigenvalue weighted by molar-refractivity contribution is -0.117. The van der Waals surface area contributed by atoms with Crippen LogP contribution in [0, 0.1) is 5.92 Å². The maximum Gasteiger partial charge on any atom is 0.119 e. The lowest BCUT2D eigenvalue weighted by Crippen LogP contribution is -2.43. The Morgan fingerprint density at radius 2 is 2.14 bits per heavy atom. The molecule has 2 aliphatic heterocycles. The number of rotatable bonds is 5. The summed E-state index contributed by atoms with van der Waals surface area (Å²) in [7, 11) is 0. The van der Waals surface area contributed by atoms with Gasteiger partial charge in [0.1, 0.15) is 5.75 Å². The number of hydrogen-bond acceptors (Lipinski definition) is 4. The van der Waals surface area contributed by atoms with E-state index in [-0.39, 0.29) is 11.7 Å². The van der Waals surface area contributed by atoms with E-state index in [0.29, 0.717) is 25.6 Å². The predicted molar refractivity (Wildman–Crippen MR) is 79.4 cm³/mol. The molecule has 4 heteroatoms. The van der Waals surface area contributed by atoms with Crippen molar-refractivity contribution in [3.63, 3.8) is 0 Å². The van der Waals surface area contributed by atoms with Crippen molar-refractivity contribution in [2.24, 2.45) is 5.92 Å². The summed E-state index contributed by atoms with van der Waals surface area (Å²) in [4.78, 5) is 0. The van der Waals surface area contributed by atoms with E-state index in [4.69, 9.17) is 14.2 Å². The lowest BCUT2D eigenvalue weighted by Gasteiger charge is -2.39. The molecule has 0 aromatic heterocycles. The van der Waals surface area contributed by atoms with Gasteiger partial charge in [0.15, 0.2) is 0 Å². The third-order valence-electron chi connectivity index (χ3n) is 4.57. The highest BCUT2D eigenvalue weighted by atomic mass is 16.6. The molecule has 2 heterocycles. The minimum Gasteiger partial charge on any atom is -0.493 e. The lowest BCUT2D eigenvalue weighted by atomic mass is 9.81. The largest absolute Gasteiger partial charge is 0.493 e. The van der Waals surface area contributed by atoms with Crippen LogP contribution >= 0.6 is 0 Å². The number of aliphatic hydroxyl groups excluding tert-OH is 1. The normalized spacial score (nSPS) is 30.4. The molecule has 0 aliphatic carbocycles. The van der Waals surface area contributed by atoms with E-state index >= 15 is 0 Å². The van der Waals surface area contributed by atoms with Crippen LogP contribution < -0.4 is 4.74 Å². The summed E-state index contributed by atoms with van der Waals surface area (Å²) in [6.07, 6.45) is 3.12. The first-order chi connectivity index (χ1) is 10.3. The Bertz CT molecular complexity index is 428. The molecule has 2 fully saturated rings. The average molecular weight is 292 g/mol. The molecule has 3 rings (SSSR count). The summed E-state index contributed by atoms with van der Waals surface area (Å²) in [6.45, 7) is 2.73. The van der Waals surface area contributed by atoms with Crippen LogP contribution in [0.5, 0.6) is 5.75 Å². The van der Waals surface area contributed by atoms with Gasteiger partial charge in [0, 0.05) is 26.1 Å². The molecule has 0 amide bonds. The Balaban J connectivity index is 1.45. The van der Waals surface area contributed by atoms with Crippen LogP contribution in [0.25, 0.3) is 0 Å². The molecule has 3 unspecified atom stereocenters. The van der Waals surface area contributed by atoms with Gasteiger partial charge in [-0.25, -0.2) is 0 Å². The quantitative estimate of drug-likeness (QED) is 0.905. The standard InChI is InChI=1S/C17H24O4/c18-16(7-9-20-15-4-2-1-3-5-15)14-6-10-21-17(12-14)8-11-19-13-17/h1-5,14,16,18H,6-13H2. The van der Waals surface area contributed by atoms with Crippen LogP contribution in [-0.4, -0.2) is 43.2 Å². The summed E-state index contributed by atoms with van der Waals surface area (Å²) < 4.78 is 17.1. The van der Waals surface area contributed by atoms with E-state index in [9.17, 15) is 5.11 Å². The van der Waals surface area contributed by atoms with E-state index in [1.54, 1.807) is 0 Å². The molecule has 0 saturated carbocycles. The molecule has 3 atom stereocenters. The summed E-state index contributed by atoms with van der Waals surface area (Å²) >= 11 is 0. The van der Waals surface area contributed by atoms with Gasteiger partial charge in [-0.1, -0.05) is 18.2 Å². The van der Waals surface area contributed by atoms with Gasteiger partial charge >= 0.3 is 0 Å². The van der Waals surface area contributed by atoms with Crippen molar-refractivity contribution >= 4 is 0 Å². The Kier molecular flexibility index (Phi) is 4.78. The zero-order valence-corrected chi connectivity index (χ0v) is 12.4. The molecule has 1 aromatic rings. The fraction of sp³-hybridized carbons (Fsp3) is 0.647. The molecular weight excluding hydrogens is 268 g/mol. The van der Waals surface area contributed by atoms with Crippen LogP contribution in [0.4, 0.5) is 0 Å². The summed E-state index contributed by atoms with van der Waals surface area (Å²) in [5, 5.41) is 10.4. The third kappa shape index (κ3) is 3.76. The maximum absolute atomic E-state index is 10.4. The van der Waals surface area contributed by atoms with Crippen molar-refractivity contribution in [2.75, 3.05) is 26.4 Å². The molecule has 21 heavy (non-hydrogen) atoms. The van der Waals surface area contributed by atoms with Crippen molar-refractivity contribution in [3.05, 3.63) is 30.3 Å². The summed E-state index contributed by atoms with van der Waals surface area (Å²) in [5.74, 6) is 1.15. The molecule has 0 radical (unpaired) electrons. The van der Waals surface area contributed by atoms with Gasteiger partial charge in [0.25, 0.3) is 0 Å². The van der Waals surface area contributed by atoms with E-state index in [1.165, 1.54) is 0 Å². The van der Waals surface area contributed by atoms with Gasteiger partial charge in [-0.15, -0.1) is 0 Å². The molecule has 1 aromatic carbocycles. The molecule has 0 bridgehead atoms. The number of ether oxygens (including phenoxy) is 3. The van der Waals surface area contributed by atoms with E-state index in [0.717, 1.165) is 38.2 Å². The molecule has 4 nitrogen and oxygen atoms in total. The highest BCUT2D eigenvalue weighted by molar-refractivity contribution is 5.20. The Hall–Kier alpha value is -1.10. The topological polar surface area (TPSA) is 47.9 Å². The van der Waals surface area contributed by atoms with Crippen molar-refractivity contribution in [1.29, 1.82) is 0 Å². The number of para-hydroxylation sites is 1. The highest BCUT2D eigenvalue weighted by Gasteiger charge is 2.42. The van der Waals surface area contributed by atoms with Crippen LogP contribution in [0.1, 0.15) is 25.7 Å². The van der Waals surface area contributed by atoms with Gasteiger partial charge in [-0.05, 0) is 30.9 Å². The van der Waals surface area contributed by atoms with Gasteiger partial charge in [0.2, 0.25) is 0 Å². The average Bonchev–Trinajstić information content (AvgIpc) is 2.96. The first-order valence-corrected chi connectivity index (χ1v) is 7.85. The first-order valence-electron chi connectivity index (χ1n) is 7.85. The number of hydrogen-bond donors (Lipinski definition) is 1. The minimum atomic E-state index is -0.324. The van der Waals surface area contributed by atoms with Gasteiger partial charge < -0.3 is 19.3 Å². The summed E-state index contributed by atoms with van der Waals surface area (Å²) in [6, 6.07) is 9.74. The molecule has 2 aliphatic rings. The van der Waals surface area contributed by atoms with E-state index < -0.39 is 0 Å². The maximum atomic E-state index is 10.4. The Morgan fingerprint density at radius 3 is 2.90 bits per heavy atom. The fourth-order valence-electron chi connectivity index (χ4n) is 3.31. The second kappa shape index (κ2) is 6.77. The van der Waals surface area contributed by atoms with E-state index in [1.807, 2.05) is 30.3 Å². The van der Waals surface area contributed by atoms with Crippen LogP contribution in [-0.2, 0) is 9.47 Å². The Morgan fingerprint density at radius 1 is 1.29 bits per heavy atom. The van der Waals surface area contributed by atoms with Gasteiger partial charge in [-0.3, -0.25) is 0 Å². The van der Waals surface area contributed by atoms with Crippen molar-refractivity contribution in [2.45, 2.75) is 37.4 Å². The van der Waals surface area contributed by atoms with Crippen LogP contribution in [0.3, 0.4) is 0 Å². The molecule has 1 N–H and O–H groups in total. The van der Waals surface area contributed by atoms with Crippen molar-refractivity contribution in [3.8, 4) is 5.75 Å². The van der Waals surface area contributed by atoms with Crippen LogP contribution in [0.2, 0.25) is 0 Å². The first kappa shape index (κ1) is 14.8. The fourth-order valence-corrected chi connectivity index (χ4v) is 3.31. The van der Waals surface area contributed by atoms with E-state index in [2.05, 4.69) is 0 Å². The molecule has 116 valence electrons. The Labute approximate surface area is 126 Å². The van der Waals surface area contributed by atoms with Gasteiger partial charge in [0.05, 0.1) is 24.9 Å². The molecule has 2 saturated heterocycles. The van der Waals surface area contributed by atoms with Crippen molar-refractivity contribution < 1.29 is 19.3 Å². The smallest absolute Gasteiger partial charge is 0.119 e. The van der Waals surface area contributed by atoms with Crippen LogP contribution in [0.15, 0.2) is 30.3 Å². The van der Waals surface area contributed by atoms with Gasteiger partial charge in [-0.2, -0.15) is 0 Å². The molecule has 1 spiro atoms. The minimum absolute atomic E-state index is 0.135. The monoisotopic (exact) mass is 292 g/mol. The number of aliphatic hydroxyl groups is 1. The van der Waals surface area contributed by atoms with Crippen molar-refractivity contribution in [1.82, 2.24) is 0 Å².